The Morgan fingerprint density at radius 2 is 1.90 bits per heavy atom. The number of nitrogens with one attached hydrogen (secondary N) is 1. The SMILES string of the molecule is CCOc1ccccc1NC(=O)N1Cc2ccccc2-n2cccc2[C@@H]1c1cccs1. The molecule has 2 aromatic carbocycles. The number of carbonyl (C=O) groups excluding carboxylic acids is 1. The zero-order chi connectivity index (χ0) is 21.2. The molecule has 0 saturated heterocycles. The van der Waals surface area contributed by atoms with E-state index in [4.69, 9.17) is 4.74 Å². The lowest BCUT2D eigenvalue weighted by Gasteiger charge is -2.30. The molecule has 0 radical (unpaired) electrons. The van der Waals surface area contributed by atoms with Crippen molar-refractivity contribution >= 4 is 23.1 Å². The van der Waals surface area contributed by atoms with Crippen LogP contribution >= 0.6 is 11.3 Å². The molecule has 0 unspecified atom stereocenters. The van der Waals surface area contributed by atoms with E-state index in [9.17, 15) is 4.79 Å². The van der Waals surface area contributed by atoms with Crippen molar-refractivity contribution in [1.82, 2.24) is 9.47 Å². The van der Waals surface area contributed by atoms with Gasteiger partial charge >= 0.3 is 6.03 Å². The van der Waals surface area contributed by atoms with Crippen LogP contribution in [0.25, 0.3) is 5.69 Å². The molecule has 156 valence electrons. The Labute approximate surface area is 185 Å². The van der Waals surface area contributed by atoms with Crippen molar-refractivity contribution in [3.8, 4) is 11.4 Å². The standard InChI is InChI=1S/C25H23N3O2S/c1-2-30-22-13-6-4-10-19(22)26-25(29)28-17-18-9-3-5-11-20(18)27-15-7-12-21(27)24(28)23-14-8-16-31-23/h3-16,24H,2,17H2,1H3,(H,26,29)/t24-/m1/s1. The Kier molecular flexibility index (Phi) is 5.22. The molecule has 2 amide bonds. The van der Waals surface area contributed by atoms with E-state index in [0.29, 0.717) is 24.6 Å². The lowest BCUT2D eigenvalue weighted by molar-refractivity contribution is 0.195. The summed E-state index contributed by atoms with van der Waals surface area (Å²) in [4.78, 5) is 16.7. The number of benzene rings is 2. The number of hydrogen-bond donors (Lipinski definition) is 1. The highest BCUT2D eigenvalue weighted by Crippen LogP contribution is 2.38. The molecule has 31 heavy (non-hydrogen) atoms. The molecule has 0 aliphatic carbocycles. The minimum absolute atomic E-state index is 0.157. The Hall–Kier alpha value is -3.51. The van der Waals surface area contributed by atoms with Gasteiger partial charge in [0.25, 0.3) is 0 Å². The average molecular weight is 430 g/mol. The fourth-order valence-corrected chi connectivity index (χ4v) is 4.97. The zero-order valence-electron chi connectivity index (χ0n) is 17.2. The second-order valence-corrected chi connectivity index (χ2v) is 8.32. The second kappa shape index (κ2) is 8.32. The molecule has 3 heterocycles. The molecule has 2 aromatic heterocycles. The van der Waals surface area contributed by atoms with Crippen molar-refractivity contribution in [3.63, 3.8) is 0 Å². The van der Waals surface area contributed by atoms with Gasteiger partial charge in [0.1, 0.15) is 11.8 Å². The molecule has 1 aliphatic heterocycles. The van der Waals surface area contributed by atoms with Gasteiger partial charge in [-0.15, -0.1) is 11.3 Å². The highest BCUT2D eigenvalue weighted by molar-refractivity contribution is 7.10. The van der Waals surface area contributed by atoms with Gasteiger partial charge in [-0.2, -0.15) is 0 Å². The maximum atomic E-state index is 13.7. The van der Waals surface area contributed by atoms with Crippen LogP contribution in [0, 0.1) is 0 Å². The van der Waals surface area contributed by atoms with E-state index in [0.717, 1.165) is 21.8 Å². The van der Waals surface area contributed by atoms with Gasteiger partial charge in [-0.1, -0.05) is 36.4 Å². The maximum Gasteiger partial charge on any atom is 0.323 e. The van der Waals surface area contributed by atoms with Crippen LogP contribution in [0.5, 0.6) is 5.75 Å². The maximum absolute atomic E-state index is 13.7. The number of amides is 2. The summed E-state index contributed by atoms with van der Waals surface area (Å²) in [5, 5.41) is 5.15. The zero-order valence-corrected chi connectivity index (χ0v) is 18.0. The summed E-state index contributed by atoms with van der Waals surface area (Å²) in [7, 11) is 0. The molecular weight excluding hydrogens is 406 g/mol. The topological polar surface area (TPSA) is 46.5 Å². The summed E-state index contributed by atoms with van der Waals surface area (Å²) in [6.45, 7) is 2.98. The number of nitrogens with zero attached hydrogens (tertiary/aromatic N) is 2. The highest BCUT2D eigenvalue weighted by Gasteiger charge is 2.33. The highest BCUT2D eigenvalue weighted by atomic mass is 32.1. The van der Waals surface area contributed by atoms with E-state index in [1.807, 2.05) is 60.4 Å². The fraction of sp³-hybridized carbons (Fsp3) is 0.160. The van der Waals surface area contributed by atoms with Crippen molar-refractivity contribution in [2.75, 3.05) is 11.9 Å². The lowest BCUT2D eigenvalue weighted by atomic mass is 10.1. The molecule has 5 nitrogen and oxygen atoms in total. The van der Waals surface area contributed by atoms with Gasteiger partial charge in [0.2, 0.25) is 0 Å². The van der Waals surface area contributed by atoms with Crippen LogP contribution in [0.1, 0.15) is 29.1 Å². The number of ether oxygens (including phenoxy) is 1. The summed E-state index contributed by atoms with van der Waals surface area (Å²) < 4.78 is 7.91. The molecule has 0 saturated carbocycles. The normalized spacial score (nSPS) is 15.0. The molecule has 4 aromatic rings. The molecule has 1 aliphatic rings. The molecule has 1 atom stereocenters. The van der Waals surface area contributed by atoms with Gasteiger partial charge in [-0.05, 0) is 54.3 Å². The first-order valence-corrected chi connectivity index (χ1v) is 11.2. The third kappa shape index (κ3) is 3.59. The Morgan fingerprint density at radius 3 is 2.74 bits per heavy atom. The predicted molar refractivity (Wildman–Crippen MR) is 124 cm³/mol. The molecule has 0 bridgehead atoms. The van der Waals surface area contributed by atoms with Gasteiger partial charge in [-0.3, -0.25) is 0 Å². The smallest absolute Gasteiger partial charge is 0.323 e. The van der Waals surface area contributed by atoms with E-state index >= 15 is 0 Å². The van der Waals surface area contributed by atoms with Crippen LogP contribution < -0.4 is 10.1 Å². The monoisotopic (exact) mass is 429 g/mol. The van der Waals surface area contributed by atoms with Gasteiger partial charge in [0.15, 0.2) is 0 Å². The Morgan fingerprint density at radius 1 is 1.06 bits per heavy atom. The summed E-state index contributed by atoms with van der Waals surface area (Å²) in [6, 6.07) is 23.7. The Balaban J connectivity index is 1.59. The molecule has 1 N–H and O–H groups in total. The van der Waals surface area contributed by atoms with Crippen LogP contribution in [0.4, 0.5) is 10.5 Å². The van der Waals surface area contributed by atoms with Crippen molar-refractivity contribution in [1.29, 1.82) is 0 Å². The van der Waals surface area contributed by atoms with Crippen LogP contribution in [-0.2, 0) is 6.54 Å². The molecule has 6 heteroatoms. The van der Waals surface area contributed by atoms with Gasteiger partial charge < -0.3 is 19.5 Å². The predicted octanol–water partition coefficient (Wildman–Crippen LogP) is 6.07. The molecule has 5 rings (SSSR count). The van der Waals surface area contributed by atoms with Gasteiger partial charge in [0, 0.05) is 11.1 Å². The third-order valence-corrected chi connectivity index (χ3v) is 6.39. The average Bonchev–Trinajstić information content (AvgIpc) is 3.46. The molecular formula is C25H23N3O2S. The van der Waals surface area contributed by atoms with E-state index in [1.165, 1.54) is 0 Å². The lowest BCUT2D eigenvalue weighted by Crippen LogP contribution is -2.37. The van der Waals surface area contributed by atoms with Crippen molar-refractivity contribution in [2.24, 2.45) is 0 Å². The number of hydrogen-bond acceptors (Lipinski definition) is 3. The van der Waals surface area contributed by atoms with E-state index < -0.39 is 0 Å². The number of rotatable bonds is 4. The first-order chi connectivity index (χ1) is 15.3. The number of para-hydroxylation sites is 3. The summed E-state index contributed by atoms with van der Waals surface area (Å²) in [5.74, 6) is 0.671. The van der Waals surface area contributed by atoms with Gasteiger partial charge in [0.05, 0.1) is 30.2 Å². The molecule has 0 spiro atoms. The minimum Gasteiger partial charge on any atom is -0.492 e. The number of aromatic nitrogens is 1. The largest absolute Gasteiger partial charge is 0.492 e. The van der Waals surface area contributed by atoms with Crippen molar-refractivity contribution < 1.29 is 9.53 Å². The summed E-state index contributed by atoms with van der Waals surface area (Å²) >= 11 is 1.66. The van der Waals surface area contributed by atoms with Crippen LogP contribution in [-0.4, -0.2) is 22.1 Å². The Bertz CT molecular complexity index is 1200. The number of fused-ring (bicyclic) bond motifs is 3. The van der Waals surface area contributed by atoms with Crippen LogP contribution in [0.2, 0.25) is 0 Å². The first-order valence-electron chi connectivity index (χ1n) is 10.3. The number of urea groups is 1. The van der Waals surface area contributed by atoms with Gasteiger partial charge in [-0.25, -0.2) is 4.79 Å². The molecule has 0 fully saturated rings. The minimum atomic E-state index is -0.193. The second-order valence-electron chi connectivity index (χ2n) is 7.34. The third-order valence-electron chi connectivity index (χ3n) is 5.47. The summed E-state index contributed by atoms with van der Waals surface area (Å²) in [5.41, 5.74) is 3.95. The van der Waals surface area contributed by atoms with Crippen molar-refractivity contribution in [2.45, 2.75) is 19.5 Å². The van der Waals surface area contributed by atoms with E-state index in [2.05, 4.69) is 45.7 Å². The number of thiophene rings is 1. The quantitative estimate of drug-likeness (QED) is 0.428. The van der Waals surface area contributed by atoms with E-state index in [1.54, 1.807) is 11.3 Å². The number of carbonyl (C=O) groups is 1. The summed E-state index contributed by atoms with van der Waals surface area (Å²) in [6.07, 6.45) is 2.07. The number of anilines is 1. The van der Waals surface area contributed by atoms with Crippen LogP contribution in [0.3, 0.4) is 0 Å². The van der Waals surface area contributed by atoms with E-state index in [-0.39, 0.29) is 12.1 Å². The van der Waals surface area contributed by atoms with Crippen molar-refractivity contribution in [3.05, 3.63) is 101 Å². The van der Waals surface area contributed by atoms with Crippen LogP contribution in [0.15, 0.2) is 84.4 Å². The first kappa shape index (κ1) is 19.5. The fourth-order valence-electron chi connectivity index (χ4n) is 4.12.